The predicted octanol–water partition coefficient (Wildman–Crippen LogP) is 1.55. The van der Waals surface area contributed by atoms with Crippen molar-refractivity contribution in [2.45, 2.75) is 12.8 Å². The summed E-state index contributed by atoms with van der Waals surface area (Å²) in [7, 11) is 1.80. The molecule has 0 unspecified atom stereocenters. The summed E-state index contributed by atoms with van der Waals surface area (Å²) in [5.74, 6) is 0.687. The summed E-state index contributed by atoms with van der Waals surface area (Å²) < 4.78 is 1.63. The molecular weight excluding hydrogens is 228 g/mol. The molecule has 0 saturated heterocycles. The van der Waals surface area contributed by atoms with Gasteiger partial charge >= 0.3 is 0 Å². The molecule has 0 fully saturated rings. The number of carbonyl (C=O) groups is 1. The van der Waals surface area contributed by atoms with Crippen molar-refractivity contribution in [2.24, 2.45) is 7.05 Å². The number of nitrogens with one attached hydrogen (secondary N) is 1. The van der Waals surface area contributed by atoms with Crippen molar-refractivity contribution < 1.29 is 4.79 Å². The molecule has 3 N–H and O–H groups in total. The number of hydrogen-bond donors (Lipinski definition) is 2. The number of anilines is 2. The minimum atomic E-state index is 0.0696. The zero-order chi connectivity index (χ0) is 12.7. The minimum Gasteiger partial charge on any atom is -0.384 e. The third-order valence-corrected chi connectivity index (χ3v) is 3.22. The van der Waals surface area contributed by atoms with Crippen molar-refractivity contribution in [2.75, 3.05) is 11.1 Å². The number of amides is 1. The molecule has 0 aliphatic carbocycles. The maximum absolute atomic E-state index is 11.4. The third-order valence-electron chi connectivity index (χ3n) is 3.22. The van der Waals surface area contributed by atoms with Crippen LogP contribution in [0.4, 0.5) is 11.5 Å². The van der Waals surface area contributed by atoms with Crippen LogP contribution < -0.4 is 11.1 Å². The molecule has 18 heavy (non-hydrogen) atoms. The van der Waals surface area contributed by atoms with E-state index in [4.69, 9.17) is 5.73 Å². The molecular formula is C13H14N4O. The number of hydrogen-bond acceptors (Lipinski definition) is 3. The van der Waals surface area contributed by atoms with Gasteiger partial charge in [0.15, 0.2) is 0 Å². The molecule has 5 heteroatoms. The molecule has 2 heterocycles. The molecule has 5 nitrogen and oxygen atoms in total. The van der Waals surface area contributed by atoms with Crippen molar-refractivity contribution >= 4 is 17.4 Å². The molecule has 1 amide bonds. The van der Waals surface area contributed by atoms with E-state index in [2.05, 4.69) is 10.4 Å². The largest absolute Gasteiger partial charge is 0.384 e. The Kier molecular flexibility index (Phi) is 2.33. The Bertz CT molecular complexity index is 610. The van der Waals surface area contributed by atoms with Gasteiger partial charge in [0.05, 0.1) is 5.69 Å². The number of nitrogens with two attached hydrogens (primary N) is 1. The van der Waals surface area contributed by atoms with E-state index in [9.17, 15) is 4.79 Å². The van der Waals surface area contributed by atoms with Crippen LogP contribution in [0.25, 0.3) is 11.3 Å². The molecule has 1 aromatic heterocycles. The third kappa shape index (κ3) is 1.73. The lowest BCUT2D eigenvalue weighted by Crippen LogP contribution is -2.18. The standard InChI is InChI=1S/C13H14N4O/c1-17-12(14)7-11(16-17)9-3-2-8-4-5-13(18)15-10(8)6-9/h2-3,6-7H,4-5,14H2,1H3,(H,15,18). The van der Waals surface area contributed by atoms with Crippen LogP contribution in [0.1, 0.15) is 12.0 Å². The lowest BCUT2D eigenvalue weighted by Gasteiger charge is -2.17. The SMILES string of the molecule is Cn1nc(-c2ccc3c(c2)NC(=O)CC3)cc1N. The fraction of sp³-hybridized carbons (Fsp3) is 0.231. The Labute approximate surface area is 105 Å². The molecule has 92 valence electrons. The summed E-state index contributed by atoms with van der Waals surface area (Å²) in [6.45, 7) is 0. The number of nitrogens with zero attached hydrogens (tertiary/aromatic N) is 2. The fourth-order valence-electron chi connectivity index (χ4n) is 2.15. The molecule has 0 atom stereocenters. The minimum absolute atomic E-state index is 0.0696. The van der Waals surface area contributed by atoms with Gasteiger partial charge in [-0.25, -0.2) is 0 Å². The summed E-state index contributed by atoms with van der Waals surface area (Å²) in [4.78, 5) is 11.4. The number of benzene rings is 1. The van der Waals surface area contributed by atoms with Crippen LogP contribution in [0.2, 0.25) is 0 Å². The van der Waals surface area contributed by atoms with E-state index in [1.807, 2.05) is 24.3 Å². The first-order valence-electron chi connectivity index (χ1n) is 5.86. The Morgan fingerprint density at radius 2 is 2.17 bits per heavy atom. The molecule has 1 aliphatic rings. The van der Waals surface area contributed by atoms with Gasteiger partial charge in [-0.3, -0.25) is 9.48 Å². The smallest absolute Gasteiger partial charge is 0.224 e. The molecule has 1 aromatic carbocycles. The van der Waals surface area contributed by atoms with Crippen LogP contribution in [-0.2, 0) is 18.3 Å². The van der Waals surface area contributed by atoms with Gasteiger partial charge < -0.3 is 11.1 Å². The van der Waals surface area contributed by atoms with Crippen LogP contribution in [0, 0.1) is 0 Å². The normalized spacial score (nSPS) is 14.2. The van der Waals surface area contributed by atoms with E-state index < -0.39 is 0 Å². The monoisotopic (exact) mass is 242 g/mol. The number of carbonyl (C=O) groups excluding carboxylic acids is 1. The van der Waals surface area contributed by atoms with Crippen molar-refractivity contribution in [3.63, 3.8) is 0 Å². The average molecular weight is 242 g/mol. The van der Waals surface area contributed by atoms with Gasteiger partial charge in [0.2, 0.25) is 5.91 Å². The summed E-state index contributed by atoms with van der Waals surface area (Å²) in [6, 6.07) is 7.83. The van der Waals surface area contributed by atoms with E-state index in [0.29, 0.717) is 12.2 Å². The van der Waals surface area contributed by atoms with E-state index in [1.165, 1.54) is 5.56 Å². The van der Waals surface area contributed by atoms with Crippen molar-refractivity contribution in [3.05, 3.63) is 29.8 Å². The number of fused-ring (bicyclic) bond motifs is 1. The van der Waals surface area contributed by atoms with Gasteiger partial charge in [-0.05, 0) is 18.1 Å². The number of nitrogen functional groups attached to an aromatic ring is 1. The Morgan fingerprint density at radius 3 is 2.89 bits per heavy atom. The van der Waals surface area contributed by atoms with Crippen LogP contribution in [-0.4, -0.2) is 15.7 Å². The maximum atomic E-state index is 11.4. The number of rotatable bonds is 1. The van der Waals surface area contributed by atoms with Gasteiger partial charge in [-0.15, -0.1) is 0 Å². The molecule has 0 saturated carbocycles. The topological polar surface area (TPSA) is 72.9 Å². The zero-order valence-corrected chi connectivity index (χ0v) is 10.1. The Balaban J connectivity index is 2.04. The Morgan fingerprint density at radius 1 is 1.33 bits per heavy atom. The molecule has 0 radical (unpaired) electrons. The quantitative estimate of drug-likeness (QED) is 0.797. The molecule has 0 bridgehead atoms. The van der Waals surface area contributed by atoms with Crippen molar-refractivity contribution in [1.82, 2.24) is 9.78 Å². The summed E-state index contributed by atoms with van der Waals surface area (Å²) in [5.41, 5.74) is 9.60. The molecule has 3 rings (SSSR count). The second kappa shape index (κ2) is 3.87. The summed E-state index contributed by atoms with van der Waals surface area (Å²) in [5, 5.41) is 7.21. The van der Waals surface area contributed by atoms with Gasteiger partial charge in [-0.1, -0.05) is 12.1 Å². The zero-order valence-electron chi connectivity index (χ0n) is 10.1. The average Bonchev–Trinajstić information content (AvgIpc) is 2.69. The fourth-order valence-corrected chi connectivity index (χ4v) is 2.15. The maximum Gasteiger partial charge on any atom is 0.224 e. The second-order valence-corrected chi connectivity index (χ2v) is 4.50. The highest BCUT2D eigenvalue weighted by Gasteiger charge is 2.15. The second-order valence-electron chi connectivity index (χ2n) is 4.50. The van der Waals surface area contributed by atoms with Crippen LogP contribution >= 0.6 is 0 Å². The van der Waals surface area contributed by atoms with Gasteiger partial charge in [-0.2, -0.15) is 5.10 Å². The number of aromatic nitrogens is 2. The highest BCUT2D eigenvalue weighted by Crippen LogP contribution is 2.28. The summed E-state index contributed by atoms with van der Waals surface area (Å²) in [6.07, 6.45) is 1.36. The predicted molar refractivity (Wildman–Crippen MR) is 70.0 cm³/mol. The van der Waals surface area contributed by atoms with Crippen LogP contribution in [0.3, 0.4) is 0 Å². The first-order valence-corrected chi connectivity index (χ1v) is 5.86. The molecule has 2 aromatic rings. The lowest BCUT2D eigenvalue weighted by atomic mass is 10.00. The first kappa shape index (κ1) is 10.8. The van der Waals surface area contributed by atoms with Gasteiger partial charge in [0.1, 0.15) is 5.82 Å². The summed E-state index contributed by atoms with van der Waals surface area (Å²) >= 11 is 0. The molecule has 0 spiro atoms. The van der Waals surface area contributed by atoms with Crippen molar-refractivity contribution in [1.29, 1.82) is 0 Å². The lowest BCUT2D eigenvalue weighted by molar-refractivity contribution is -0.116. The van der Waals surface area contributed by atoms with Crippen molar-refractivity contribution in [3.8, 4) is 11.3 Å². The molecule has 1 aliphatic heterocycles. The van der Waals surface area contributed by atoms with Gasteiger partial charge in [0, 0.05) is 30.8 Å². The van der Waals surface area contributed by atoms with Crippen LogP contribution in [0.15, 0.2) is 24.3 Å². The van der Waals surface area contributed by atoms with Gasteiger partial charge in [0.25, 0.3) is 0 Å². The first-order chi connectivity index (χ1) is 8.63. The van der Waals surface area contributed by atoms with E-state index in [0.717, 1.165) is 23.4 Å². The van der Waals surface area contributed by atoms with E-state index in [1.54, 1.807) is 11.7 Å². The highest BCUT2D eigenvalue weighted by molar-refractivity contribution is 5.94. The Hall–Kier alpha value is -2.30. The highest BCUT2D eigenvalue weighted by atomic mass is 16.1. The van der Waals surface area contributed by atoms with E-state index in [-0.39, 0.29) is 5.91 Å². The van der Waals surface area contributed by atoms with Crippen LogP contribution in [0.5, 0.6) is 0 Å². The van der Waals surface area contributed by atoms with E-state index >= 15 is 0 Å². The number of aryl methyl sites for hydroxylation is 2.